The third-order valence-electron chi connectivity index (χ3n) is 3.22. The Morgan fingerprint density at radius 2 is 2.17 bits per heavy atom. The van der Waals surface area contributed by atoms with Crippen LogP contribution in [0, 0.1) is 0 Å². The van der Waals surface area contributed by atoms with Gasteiger partial charge in [-0.3, -0.25) is 0 Å². The number of carbonyl (C=O) groups is 1. The predicted molar refractivity (Wildman–Crippen MR) is 72.2 cm³/mol. The van der Waals surface area contributed by atoms with E-state index in [1.54, 1.807) is 6.07 Å². The second kappa shape index (κ2) is 6.04. The lowest BCUT2D eigenvalue weighted by atomic mass is 9.95. The molecule has 2 rings (SSSR count). The molecule has 2 N–H and O–H groups in total. The Hall–Kier alpha value is -1.30. The third-order valence-corrected chi connectivity index (χ3v) is 4.39. The maximum Gasteiger partial charge on any atom is 0.356 e. The smallest absolute Gasteiger partial charge is 0.356 e. The Morgan fingerprint density at radius 3 is 2.78 bits per heavy atom. The molecule has 1 saturated carbocycles. The Labute approximate surface area is 110 Å². The molecular formula is C12H17N3O2S. The molecule has 2 atom stereocenters. The van der Waals surface area contributed by atoms with E-state index in [1.165, 1.54) is 25.3 Å². The summed E-state index contributed by atoms with van der Waals surface area (Å²) in [4.78, 5) is 10.7. The molecule has 1 aliphatic rings. The van der Waals surface area contributed by atoms with Crippen LogP contribution in [0.15, 0.2) is 12.1 Å². The molecule has 1 aromatic rings. The number of nitrogens with one attached hydrogen (secondary N) is 1. The second-order valence-electron chi connectivity index (χ2n) is 4.42. The molecule has 1 heterocycles. The average Bonchev–Trinajstić information content (AvgIpc) is 2.40. The van der Waals surface area contributed by atoms with Crippen LogP contribution in [0.25, 0.3) is 0 Å². The number of anilines is 1. The van der Waals surface area contributed by atoms with E-state index in [1.807, 2.05) is 11.8 Å². The van der Waals surface area contributed by atoms with Gasteiger partial charge in [0.1, 0.15) is 5.82 Å². The lowest BCUT2D eigenvalue weighted by Crippen LogP contribution is -2.34. The molecule has 98 valence electrons. The van der Waals surface area contributed by atoms with E-state index in [9.17, 15) is 4.79 Å². The summed E-state index contributed by atoms with van der Waals surface area (Å²) in [6.45, 7) is 0. The first-order chi connectivity index (χ1) is 8.70. The van der Waals surface area contributed by atoms with Gasteiger partial charge in [-0.25, -0.2) is 4.79 Å². The topological polar surface area (TPSA) is 75.1 Å². The number of rotatable bonds is 4. The highest BCUT2D eigenvalue weighted by molar-refractivity contribution is 7.99. The molecule has 1 aromatic heterocycles. The van der Waals surface area contributed by atoms with Crippen molar-refractivity contribution < 1.29 is 9.90 Å². The van der Waals surface area contributed by atoms with Crippen LogP contribution in [0.4, 0.5) is 5.82 Å². The number of hydrogen-bond donors (Lipinski definition) is 2. The van der Waals surface area contributed by atoms with Crippen LogP contribution < -0.4 is 5.32 Å². The Morgan fingerprint density at radius 1 is 1.39 bits per heavy atom. The minimum absolute atomic E-state index is 0.0226. The van der Waals surface area contributed by atoms with E-state index in [0.717, 1.165) is 6.42 Å². The molecule has 5 nitrogen and oxygen atoms in total. The number of nitrogens with zero attached hydrogens (tertiary/aromatic N) is 2. The summed E-state index contributed by atoms with van der Waals surface area (Å²) < 4.78 is 0. The number of aromatic carboxylic acids is 1. The quantitative estimate of drug-likeness (QED) is 0.871. The normalized spacial score (nSPS) is 23.6. The van der Waals surface area contributed by atoms with Crippen molar-refractivity contribution in [3.63, 3.8) is 0 Å². The Kier molecular flexibility index (Phi) is 4.41. The average molecular weight is 267 g/mol. The number of thioether (sulfide) groups is 1. The van der Waals surface area contributed by atoms with Crippen molar-refractivity contribution in [2.24, 2.45) is 0 Å². The zero-order valence-electron chi connectivity index (χ0n) is 10.3. The van der Waals surface area contributed by atoms with Crippen LogP contribution in [-0.4, -0.2) is 38.8 Å². The van der Waals surface area contributed by atoms with Crippen molar-refractivity contribution in [1.29, 1.82) is 0 Å². The van der Waals surface area contributed by atoms with Crippen molar-refractivity contribution in [2.75, 3.05) is 11.6 Å². The largest absolute Gasteiger partial charge is 0.476 e. The van der Waals surface area contributed by atoms with E-state index in [4.69, 9.17) is 5.11 Å². The van der Waals surface area contributed by atoms with Crippen LogP contribution >= 0.6 is 11.8 Å². The fraction of sp³-hybridized carbons (Fsp3) is 0.583. The van der Waals surface area contributed by atoms with Crippen molar-refractivity contribution in [3.8, 4) is 0 Å². The fourth-order valence-electron chi connectivity index (χ4n) is 2.26. The summed E-state index contributed by atoms with van der Waals surface area (Å²) in [5.74, 6) is -0.389. The molecule has 0 amide bonds. The maximum atomic E-state index is 10.7. The number of hydrogen-bond acceptors (Lipinski definition) is 5. The number of carboxylic acids is 1. The van der Waals surface area contributed by atoms with Crippen molar-refractivity contribution in [2.45, 2.75) is 37.0 Å². The highest BCUT2D eigenvalue weighted by atomic mass is 32.2. The van der Waals surface area contributed by atoms with Gasteiger partial charge in [0.2, 0.25) is 0 Å². The van der Waals surface area contributed by atoms with E-state index in [2.05, 4.69) is 21.8 Å². The number of carboxylic acid groups (broad SMARTS) is 1. The molecule has 18 heavy (non-hydrogen) atoms. The van der Waals surface area contributed by atoms with Gasteiger partial charge in [0.25, 0.3) is 0 Å². The van der Waals surface area contributed by atoms with Gasteiger partial charge in [0.05, 0.1) is 0 Å². The third kappa shape index (κ3) is 3.13. The van der Waals surface area contributed by atoms with Crippen molar-refractivity contribution >= 4 is 23.5 Å². The zero-order chi connectivity index (χ0) is 13.0. The first-order valence-corrected chi connectivity index (χ1v) is 7.36. The summed E-state index contributed by atoms with van der Waals surface area (Å²) >= 11 is 1.88. The second-order valence-corrected chi connectivity index (χ2v) is 5.50. The van der Waals surface area contributed by atoms with Crippen LogP contribution in [-0.2, 0) is 0 Å². The van der Waals surface area contributed by atoms with E-state index in [-0.39, 0.29) is 5.69 Å². The standard InChI is InChI=1S/C12H17N3O2S/c1-18-10-5-3-2-4-8(10)13-11-7-6-9(12(16)17)14-15-11/h6-8,10H,2-5H2,1H3,(H,13,15)(H,16,17). The molecule has 2 unspecified atom stereocenters. The molecule has 0 radical (unpaired) electrons. The van der Waals surface area contributed by atoms with Crippen LogP contribution in [0.2, 0.25) is 0 Å². The van der Waals surface area contributed by atoms with Gasteiger partial charge >= 0.3 is 5.97 Å². The van der Waals surface area contributed by atoms with Gasteiger partial charge in [-0.2, -0.15) is 11.8 Å². The van der Waals surface area contributed by atoms with Crippen molar-refractivity contribution in [3.05, 3.63) is 17.8 Å². The molecule has 6 heteroatoms. The molecular weight excluding hydrogens is 250 g/mol. The monoisotopic (exact) mass is 267 g/mol. The molecule has 0 saturated heterocycles. The Balaban J connectivity index is 2.01. The van der Waals surface area contributed by atoms with Gasteiger partial charge in [-0.05, 0) is 31.2 Å². The van der Waals surface area contributed by atoms with E-state index < -0.39 is 5.97 Å². The molecule has 1 fully saturated rings. The van der Waals surface area contributed by atoms with Crippen LogP contribution in [0.5, 0.6) is 0 Å². The maximum absolute atomic E-state index is 10.7. The summed E-state index contributed by atoms with van der Waals surface area (Å²) in [5.41, 5.74) is -0.0226. The minimum Gasteiger partial charge on any atom is -0.476 e. The predicted octanol–water partition coefficient (Wildman–Crippen LogP) is 2.26. The first kappa shape index (κ1) is 13.1. The van der Waals surface area contributed by atoms with E-state index in [0.29, 0.717) is 17.1 Å². The van der Waals surface area contributed by atoms with Gasteiger partial charge in [-0.1, -0.05) is 12.8 Å². The molecule has 0 bridgehead atoms. The van der Waals surface area contributed by atoms with Crippen LogP contribution in [0.1, 0.15) is 36.2 Å². The highest BCUT2D eigenvalue weighted by Crippen LogP contribution is 2.28. The molecule has 0 aromatic carbocycles. The van der Waals surface area contributed by atoms with Gasteiger partial charge in [-0.15, -0.1) is 10.2 Å². The summed E-state index contributed by atoms with van der Waals surface area (Å²) in [7, 11) is 0. The lowest BCUT2D eigenvalue weighted by Gasteiger charge is -2.31. The van der Waals surface area contributed by atoms with Crippen molar-refractivity contribution in [1.82, 2.24) is 10.2 Å². The summed E-state index contributed by atoms with van der Waals surface area (Å²) in [6.07, 6.45) is 7.00. The summed E-state index contributed by atoms with van der Waals surface area (Å²) in [6, 6.07) is 3.57. The Bertz CT molecular complexity index is 410. The lowest BCUT2D eigenvalue weighted by molar-refractivity contribution is 0.0689. The van der Waals surface area contributed by atoms with E-state index >= 15 is 0 Å². The fourth-order valence-corrected chi connectivity index (χ4v) is 3.19. The zero-order valence-corrected chi connectivity index (χ0v) is 11.1. The minimum atomic E-state index is -1.05. The SMILES string of the molecule is CSC1CCCCC1Nc1ccc(C(=O)O)nn1. The summed E-state index contributed by atoms with van der Waals surface area (Å²) in [5, 5.41) is 20.3. The molecule has 0 spiro atoms. The first-order valence-electron chi connectivity index (χ1n) is 6.07. The molecule has 0 aliphatic heterocycles. The molecule has 1 aliphatic carbocycles. The highest BCUT2D eigenvalue weighted by Gasteiger charge is 2.24. The van der Waals surface area contributed by atoms with Gasteiger partial charge in [0, 0.05) is 11.3 Å². The van der Waals surface area contributed by atoms with Crippen LogP contribution in [0.3, 0.4) is 0 Å². The number of aromatic nitrogens is 2. The van der Waals surface area contributed by atoms with Gasteiger partial charge < -0.3 is 10.4 Å². The van der Waals surface area contributed by atoms with Gasteiger partial charge in [0.15, 0.2) is 5.69 Å².